The largest absolute Gasteiger partial charge is 0.353 e. The second-order valence-corrected chi connectivity index (χ2v) is 6.50. The molecule has 0 atom stereocenters. The normalized spacial score (nSPS) is 16.2. The lowest BCUT2D eigenvalue weighted by Gasteiger charge is -2.21. The fourth-order valence-electron chi connectivity index (χ4n) is 3.51. The third-order valence-corrected chi connectivity index (χ3v) is 4.77. The number of nitrogens with one attached hydrogen (secondary N) is 2. The van der Waals surface area contributed by atoms with Gasteiger partial charge in [0.2, 0.25) is 5.91 Å². The zero-order valence-corrected chi connectivity index (χ0v) is 13.6. The van der Waals surface area contributed by atoms with Gasteiger partial charge in [-0.25, -0.2) is 0 Å². The van der Waals surface area contributed by atoms with E-state index < -0.39 is 0 Å². The summed E-state index contributed by atoms with van der Waals surface area (Å²) < 4.78 is 0. The van der Waals surface area contributed by atoms with Gasteiger partial charge >= 0.3 is 0 Å². The van der Waals surface area contributed by atoms with E-state index >= 15 is 0 Å². The van der Waals surface area contributed by atoms with Crippen molar-refractivity contribution in [1.29, 1.82) is 0 Å². The summed E-state index contributed by atoms with van der Waals surface area (Å²) in [4.78, 5) is 19.9. The highest BCUT2D eigenvalue weighted by atomic mass is 16.1. The maximum Gasteiger partial charge on any atom is 0.244 e. The van der Waals surface area contributed by atoms with Crippen molar-refractivity contribution in [2.24, 2.45) is 0 Å². The van der Waals surface area contributed by atoms with E-state index in [1.54, 1.807) is 12.2 Å². The summed E-state index contributed by atoms with van der Waals surface area (Å²) in [5, 5.41) is 5.40. The third-order valence-electron chi connectivity index (χ3n) is 4.77. The Kier molecular flexibility index (Phi) is 4.03. The van der Waals surface area contributed by atoms with Gasteiger partial charge in [0.1, 0.15) is 0 Å². The molecule has 4 heteroatoms. The minimum absolute atomic E-state index is 0.0253. The van der Waals surface area contributed by atoms with Crippen LogP contribution in [0.1, 0.15) is 37.8 Å². The van der Waals surface area contributed by atoms with Crippen molar-refractivity contribution in [3.63, 3.8) is 0 Å². The van der Waals surface area contributed by atoms with E-state index in [-0.39, 0.29) is 5.91 Å². The zero-order valence-electron chi connectivity index (χ0n) is 13.6. The highest BCUT2D eigenvalue weighted by Crippen LogP contribution is 2.25. The first kappa shape index (κ1) is 14.9. The molecule has 1 aromatic carbocycles. The van der Waals surface area contributed by atoms with Gasteiger partial charge in [0.05, 0.1) is 17.4 Å². The third kappa shape index (κ3) is 3.04. The fraction of sp³-hybridized carbons (Fsp3) is 0.300. The molecule has 0 bridgehead atoms. The number of pyridine rings is 1. The lowest BCUT2D eigenvalue weighted by molar-refractivity contribution is -0.117. The van der Waals surface area contributed by atoms with Crippen molar-refractivity contribution < 1.29 is 4.79 Å². The van der Waals surface area contributed by atoms with Crippen molar-refractivity contribution in [2.45, 2.75) is 38.1 Å². The summed E-state index contributed by atoms with van der Waals surface area (Å²) >= 11 is 0. The average Bonchev–Trinajstić information content (AvgIpc) is 2.99. The van der Waals surface area contributed by atoms with Crippen molar-refractivity contribution in [1.82, 2.24) is 15.3 Å². The van der Waals surface area contributed by atoms with Crippen LogP contribution in [0.5, 0.6) is 0 Å². The number of para-hydroxylation sites is 1. The first-order chi connectivity index (χ1) is 11.8. The number of aromatic nitrogens is 2. The van der Waals surface area contributed by atoms with Crippen molar-refractivity contribution in [3.8, 4) is 0 Å². The molecular weight excluding hydrogens is 298 g/mol. The van der Waals surface area contributed by atoms with Crippen molar-refractivity contribution in [2.75, 3.05) is 0 Å². The van der Waals surface area contributed by atoms with E-state index in [0.717, 1.165) is 35.0 Å². The Hall–Kier alpha value is -2.62. The fourth-order valence-corrected chi connectivity index (χ4v) is 3.51. The number of hydrogen-bond acceptors (Lipinski definition) is 2. The van der Waals surface area contributed by atoms with E-state index in [4.69, 9.17) is 0 Å². The minimum Gasteiger partial charge on any atom is -0.353 e. The molecule has 0 saturated heterocycles. The predicted octanol–water partition coefficient (Wildman–Crippen LogP) is 4.18. The average molecular weight is 319 g/mol. The van der Waals surface area contributed by atoms with Gasteiger partial charge in [-0.1, -0.05) is 37.5 Å². The van der Waals surface area contributed by atoms with E-state index in [2.05, 4.69) is 27.4 Å². The molecule has 0 unspecified atom stereocenters. The van der Waals surface area contributed by atoms with E-state index in [9.17, 15) is 4.79 Å². The maximum atomic E-state index is 12.1. The lowest BCUT2D eigenvalue weighted by Crippen LogP contribution is -2.34. The number of benzene rings is 1. The van der Waals surface area contributed by atoms with Gasteiger partial charge in [0.25, 0.3) is 0 Å². The maximum absolute atomic E-state index is 12.1. The van der Waals surface area contributed by atoms with E-state index in [1.807, 2.05) is 24.4 Å². The quantitative estimate of drug-likeness (QED) is 0.712. The molecule has 0 aliphatic heterocycles. The summed E-state index contributed by atoms with van der Waals surface area (Å²) in [5.41, 5.74) is 2.91. The van der Waals surface area contributed by atoms with Gasteiger partial charge in [0.15, 0.2) is 0 Å². The highest BCUT2D eigenvalue weighted by Gasteiger charge is 2.14. The van der Waals surface area contributed by atoms with Crippen LogP contribution in [-0.2, 0) is 4.79 Å². The Morgan fingerprint density at radius 3 is 2.83 bits per heavy atom. The van der Waals surface area contributed by atoms with Crippen LogP contribution in [0.3, 0.4) is 0 Å². The number of fused-ring (bicyclic) bond motifs is 3. The van der Waals surface area contributed by atoms with Gasteiger partial charge in [-0.2, -0.15) is 0 Å². The number of carbonyl (C=O) groups is 1. The van der Waals surface area contributed by atoms with Crippen LogP contribution in [-0.4, -0.2) is 21.9 Å². The molecule has 1 fully saturated rings. The molecular formula is C20H21N3O. The van der Waals surface area contributed by atoms with E-state index in [0.29, 0.717) is 6.04 Å². The smallest absolute Gasteiger partial charge is 0.244 e. The standard InChI is InChI=1S/C20H21N3O/c24-20(22-14-6-2-1-3-7-14)11-10-15-12-17-16-8-4-5-9-18(16)23-19(17)13-21-15/h4-5,8-14,23H,1-3,6-7H2,(H,22,24)/b11-10+. The topological polar surface area (TPSA) is 57.8 Å². The first-order valence-corrected chi connectivity index (χ1v) is 8.65. The number of H-pyrrole nitrogens is 1. The molecule has 4 rings (SSSR count). The Morgan fingerprint density at radius 1 is 1.12 bits per heavy atom. The van der Waals surface area contributed by atoms with Crippen LogP contribution >= 0.6 is 0 Å². The number of amides is 1. The number of aromatic amines is 1. The van der Waals surface area contributed by atoms with Crippen molar-refractivity contribution >= 4 is 33.8 Å². The molecule has 1 aliphatic rings. The molecule has 2 N–H and O–H groups in total. The van der Waals surface area contributed by atoms with Crippen LogP contribution < -0.4 is 5.32 Å². The second-order valence-electron chi connectivity index (χ2n) is 6.50. The summed E-state index contributed by atoms with van der Waals surface area (Å²) in [6.07, 6.45) is 11.1. The van der Waals surface area contributed by atoms with Crippen LogP contribution in [0.15, 0.2) is 42.6 Å². The van der Waals surface area contributed by atoms with Crippen LogP contribution in [0, 0.1) is 0 Å². The Labute approximate surface area is 141 Å². The number of nitrogens with zero attached hydrogens (tertiary/aromatic N) is 1. The Bertz CT molecular complexity index is 904. The molecule has 4 nitrogen and oxygen atoms in total. The van der Waals surface area contributed by atoms with Gasteiger partial charge in [-0.3, -0.25) is 9.78 Å². The number of carbonyl (C=O) groups excluding carboxylic acids is 1. The molecule has 2 aromatic heterocycles. The lowest BCUT2D eigenvalue weighted by atomic mass is 9.95. The van der Waals surface area contributed by atoms with E-state index in [1.165, 1.54) is 24.6 Å². The number of rotatable bonds is 3. The molecule has 122 valence electrons. The summed E-state index contributed by atoms with van der Waals surface area (Å²) in [6, 6.07) is 10.6. The highest BCUT2D eigenvalue weighted by molar-refractivity contribution is 6.07. The monoisotopic (exact) mass is 319 g/mol. The molecule has 1 saturated carbocycles. The second kappa shape index (κ2) is 6.48. The molecule has 0 radical (unpaired) electrons. The van der Waals surface area contributed by atoms with Crippen LogP contribution in [0.25, 0.3) is 27.9 Å². The van der Waals surface area contributed by atoms with Gasteiger partial charge < -0.3 is 10.3 Å². The first-order valence-electron chi connectivity index (χ1n) is 8.65. The molecule has 1 aliphatic carbocycles. The zero-order chi connectivity index (χ0) is 16.4. The summed E-state index contributed by atoms with van der Waals surface area (Å²) in [7, 11) is 0. The van der Waals surface area contributed by atoms with Gasteiger partial charge in [-0.05, 0) is 31.1 Å². The molecule has 3 aromatic rings. The molecule has 0 spiro atoms. The number of hydrogen-bond donors (Lipinski definition) is 2. The van der Waals surface area contributed by atoms with Crippen LogP contribution in [0.4, 0.5) is 0 Å². The van der Waals surface area contributed by atoms with Gasteiger partial charge in [0, 0.05) is 28.4 Å². The molecule has 1 amide bonds. The summed E-state index contributed by atoms with van der Waals surface area (Å²) in [6.45, 7) is 0. The van der Waals surface area contributed by atoms with Gasteiger partial charge in [-0.15, -0.1) is 0 Å². The van der Waals surface area contributed by atoms with Crippen LogP contribution in [0.2, 0.25) is 0 Å². The Morgan fingerprint density at radius 2 is 1.96 bits per heavy atom. The SMILES string of the molecule is O=C(/C=C/c1cc2c(cn1)[nH]c1ccccc12)NC1CCCCC1. The predicted molar refractivity (Wildman–Crippen MR) is 97.6 cm³/mol. The minimum atomic E-state index is -0.0253. The summed E-state index contributed by atoms with van der Waals surface area (Å²) in [5.74, 6) is -0.0253. The molecule has 2 heterocycles. The van der Waals surface area contributed by atoms with Crippen molar-refractivity contribution in [3.05, 3.63) is 48.3 Å². The Balaban J connectivity index is 1.53. The molecule has 24 heavy (non-hydrogen) atoms.